The molecule has 2 rings (SSSR count). The number of ether oxygens (including phenoxy) is 1. The number of methoxy groups -OCH3 is 1. The van der Waals surface area contributed by atoms with E-state index < -0.39 is 11.9 Å². The van der Waals surface area contributed by atoms with Crippen molar-refractivity contribution in [3.8, 4) is 5.75 Å². The first kappa shape index (κ1) is 12.5. The topological polar surface area (TPSA) is 42.4 Å². The summed E-state index contributed by atoms with van der Waals surface area (Å²) >= 11 is 0. The highest BCUT2D eigenvalue weighted by molar-refractivity contribution is 5.39. The van der Waals surface area contributed by atoms with Crippen molar-refractivity contribution < 1.29 is 14.2 Å². The maximum absolute atomic E-state index is 13.3. The van der Waals surface area contributed by atoms with Crippen LogP contribution >= 0.6 is 0 Å². The van der Waals surface area contributed by atoms with Gasteiger partial charge in [-0.2, -0.15) is 0 Å². The maximum atomic E-state index is 13.3. The molecule has 0 saturated carbocycles. The predicted octanol–water partition coefficient (Wildman–Crippen LogP) is 2.62. The second-order valence-electron chi connectivity index (χ2n) is 4.05. The summed E-state index contributed by atoms with van der Waals surface area (Å²) in [6.07, 6.45) is 0.607. The molecular formula is C14H14FNO2. The minimum Gasteiger partial charge on any atom is -0.496 e. The second kappa shape index (κ2) is 5.14. The lowest BCUT2D eigenvalue weighted by molar-refractivity contribution is 0.209. The smallest absolute Gasteiger partial charge is 0.125 e. The summed E-state index contributed by atoms with van der Waals surface area (Å²) < 4.78 is 18.4. The summed E-state index contributed by atoms with van der Waals surface area (Å²) in [7, 11) is 1.48. The fourth-order valence-corrected chi connectivity index (χ4v) is 1.79. The summed E-state index contributed by atoms with van der Waals surface area (Å²) in [5.74, 6) is 0.0182. The van der Waals surface area contributed by atoms with E-state index in [0.29, 0.717) is 17.0 Å². The van der Waals surface area contributed by atoms with E-state index in [1.54, 1.807) is 12.3 Å². The van der Waals surface area contributed by atoms with Gasteiger partial charge in [-0.15, -0.1) is 0 Å². The van der Waals surface area contributed by atoms with Crippen LogP contribution in [-0.2, 0) is 0 Å². The molecule has 0 amide bonds. The third kappa shape index (κ3) is 2.49. The highest BCUT2D eigenvalue weighted by atomic mass is 19.1. The van der Waals surface area contributed by atoms with Gasteiger partial charge in [0.2, 0.25) is 0 Å². The SMILES string of the molecule is COc1ccc(F)cc1C(O)c1cc(C)ccn1. The van der Waals surface area contributed by atoms with Gasteiger partial charge < -0.3 is 9.84 Å². The molecule has 1 atom stereocenters. The lowest BCUT2D eigenvalue weighted by atomic mass is 10.0. The van der Waals surface area contributed by atoms with Crippen LogP contribution in [0.4, 0.5) is 4.39 Å². The molecule has 94 valence electrons. The van der Waals surface area contributed by atoms with Gasteiger partial charge in [0.05, 0.1) is 12.8 Å². The Balaban J connectivity index is 2.44. The van der Waals surface area contributed by atoms with Crippen LogP contribution in [0.2, 0.25) is 0 Å². The zero-order valence-electron chi connectivity index (χ0n) is 10.2. The number of halogens is 1. The number of benzene rings is 1. The Labute approximate surface area is 105 Å². The van der Waals surface area contributed by atoms with Gasteiger partial charge in [0, 0.05) is 11.8 Å². The van der Waals surface area contributed by atoms with Gasteiger partial charge in [-0.25, -0.2) is 4.39 Å². The number of aliphatic hydroxyl groups excluding tert-OH is 1. The number of hydrogen-bond donors (Lipinski definition) is 1. The minimum atomic E-state index is -1.00. The zero-order chi connectivity index (χ0) is 13.1. The number of hydrogen-bond acceptors (Lipinski definition) is 3. The van der Waals surface area contributed by atoms with Gasteiger partial charge in [0.25, 0.3) is 0 Å². The Morgan fingerprint density at radius 3 is 2.72 bits per heavy atom. The molecule has 0 aliphatic rings. The van der Waals surface area contributed by atoms with Crippen molar-refractivity contribution in [2.75, 3.05) is 7.11 Å². The van der Waals surface area contributed by atoms with Crippen LogP contribution in [0, 0.1) is 12.7 Å². The van der Waals surface area contributed by atoms with E-state index in [-0.39, 0.29) is 0 Å². The van der Waals surface area contributed by atoms with Crippen LogP contribution in [0.5, 0.6) is 5.75 Å². The highest BCUT2D eigenvalue weighted by Crippen LogP contribution is 2.29. The van der Waals surface area contributed by atoms with Gasteiger partial charge in [-0.1, -0.05) is 0 Å². The van der Waals surface area contributed by atoms with Gasteiger partial charge >= 0.3 is 0 Å². The monoisotopic (exact) mass is 247 g/mol. The van der Waals surface area contributed by atoms with Crippen LogP contribution < -0.4 is 4.74 Å². The van der Waals surface area contributed by atoms with Crippen molar-refractivity contribution in [1.82, 2.24) is 4.98 Å². The molecule has 1 N–H and O–H groups in total. The largest absolute Gasteiger partial charge is 0.496 e. The van der Waals surface area contributed by atoms with Crippen LogP contribution in [0.1, 0.15) is 22.9 Å². The number of nitrogens with zero attached hydrogens (tertiary/aromatic N) is 1. The minimum absolute atomic E-state index is 0.371. The molecule has 1 unspecified atom stereocenters. The van der Waals surface area contributed by atoms with Crippen molar-refractivity contribution in [2.45, 2.75) is 13.0 Å². The Morgan fingerprint density at radius 2 is 2.06 bits per heavy atom. The zero-order valence-corrected chi connectivity index (χ0v) is 10.2. The molecule has 4 heteroatoms. The van der Waals surface area contributed by atoms with Crippen molar-refractivity contribution >= 4 is 0 Å². The summed E-state index contributed by atoms with van der Waals surface area (Å²) in [4.78, 5) is 4.09. The molecule has 0 spiro atoms. The Hall–Kier alpha value is -1.94. The number of aryl methyl sites for hydroxylation is 1. The van der Waals surface area contributed by atoms with E-state index in [9.17, 15) is 9.50 Å². The highest BCUT2D eigenvalue weighted by Gasteiger charge is 2.17. The quantitative estimate of drug-likeness (QED) is 0.906. The molecule has 0 radical (unpaired) electrons. The molecule has 1 aromatic carbocycles. The Morgan fingerprint density at radius 1 is 1.28 bits per heavy atom. The average Bonchev–Trinajstić information content (AvgIpc) is 2.38. The normalized spacial score (nSPS) is 12.2. The molecule has 0 bridgehead atoms. The van der Waals surface area contributed by atoms with E-state index in [2.05, 4.69) is 4.98 Å². The van der Waals surface area contributed by atoms with E-state index in [0.717, 1.165) is 5.56 Å². The summed E-state index contributed by atoms with van der Waals surface area (Å²) in [5, 5.41) is 10.2. The van der Waals surface area contributed by atoms with Crippen molar-refractivity contribution in [3.05, 3.63) is 59.2 Å². The molecule has 2 aromatic rings. The summed E-state index contributed by atoms with van der Waals surface area (Å²) in [5.41, 5.74) is 1.82. The van der Waals surface area contributed by atoms with Crippen molar-refractivity contribution in [3.63, 3.8) is 0 Å². The fourth-order valence-electron chi connectivity index (χ4n) is 1.79. The van der Waals surface area contributed by atoms with Crippen molar-refractivity contribution in [1.29, 1.82) is 0 Å². The van der Waals surface area contributed by atoms with E-state index in [4.69, 9.17) is 4.74 Å². The van der Waals surface area contributed by atoms with E-state index in [1.807, 2.05) is 13.0 Å². The molecule has 0 aliphatic heterocycles. The first-order valence-corrected chi connectivity index (χ1v) is 5.56. The Kier molecular flexibility index (Phi) is 3.58. The van der Waals surface area contributed by atoms with Gasteiger partial charge in [-0.3, -0.25) is 4.98 Å². The lowest BCUT2D eigenvalue weighted by Gasteiger charge is -2.14. The lowest BCUT2D eigenvalue weighted by Crippen LogP contribution is -2.05. The van der Waals surface area contributed by atoms with Gasteiger partial charge in [0.15, 0.2) is 0 Å². The van der Waals surface area contributed by atoms with Gasteiger partial charge in [-0.05, 0) is 42.8 Å². The van der Waals surface area contributed by atoms with Crippen LogP contribution in [-0.4, -0.2) is 17.2 Å². The molecule has 0 aliphatic carbocycles. The molecular weight excluding hydrogens is 233 g/mol. The number of aromatic nitrogens is 1. The molecule has 1 heterocycles. The van der Waals surface area contributed by atoms with E-state index >= 15 is 0 Å². The van der Waals surface area contributed by atoms with Crippen LogP contribution in [0.15, 0.2) is 36.5 Å². The molecule has 0 fully saturated rings. The maximum Gasteiger partial charge on any atom is 0.125 e. The van der Waals surface area contributed by atoms with E-state index in [1.165, 1.54) is 25.3 Å². The Bertz CT molecular complexity index is 557. The standard InChI is InChI=1S/C14H14FNO2/c1-9-5-6-16-12(7-9)14(17)11-8-10(15)3-4-13(11)18-2/h3-8,14,17H,1-2H3. The summed E-state index contributed by atoms with van der Waals surface area (Å²) in [6, 6.07) is 7.63. The summed E-state index contributed by atoms with van der Waals surface area (Å²) in [6.45, 7) is 1.90. The van der Waals surface area contributed by atoms with Crippen molar-refractivity contribution in [2.24, 2.45) is 0 Å². The van der Waals surface area contributed by atoms with Gasteiger partial charge in [0.1, 0.15) is 17.7 Å². The average molecular weight is 247 g/mol. The fraction of sp³-hybridized carbons (Fsp3) is 0.214. The van der Waals surface area contributed by atoms with Crippen LogP contribution in [0.3, 0.4) is 0 Å². The second-order valence-corrected chi connectivity index (χ2v) is 4.05. The third-order valence-electron chi connectivity index (χ3n) is 2.70. The number of pyridine rings is 1. The first-order chi connectivity index (χ1) is 8.61. The van der Waals surface area contributed by atoms with Crippen LogP contribution in [0.25, 0.3) is 0 Å². The first-order valence-electron chi connectivity index (χ1n) is 5.56. The predicted molar refractivity (Wildman–Crippen MR) is 66.0 cm³/mol. The third-order valence-corrected chi connectivity index (χ3v) is 2.70. The number of aliphatic hydroxyl groups is 1. The molecule has 1 aromatic heterocycles. The molecule has 0 saturated heterocycles. The molecule has 3 nitrogen and oxygen atoms in total. The number of rotatable bonds is 3. The molecule has 18 heavy (non-hydrogen) atoms.